The van der Waals surface area contributed by atoms with Crippen molar-refractivity contribution in [1.82, 2.24) is 0 Å². The molecule has 0 aromatic heterocycles. The molecule has 1 spiro atoms. The number of fused-ring (bicyclic) bond motifs is 3. The number of carbonyl (C=O) groups excluding carboxylic acids is 4. The number of rotatable bonds is 2. The monoisotopic (exact) mass is 569 g/mol. The number of nitrogens with zero attached hydrogens (tertiary/aromatic N) is 1. The zero-order chi connectivity index (χ0) is 24.6. The molecular weight excluding hydrogens is 557 g/mol. The van der Waals surface area contributed by atoms with Gasteiger partial charge in [-0.15, -0.1) is 0 Å². The van der Waals surface area contributed by atoms with Crippen LogP contribution in [0.2, 0.25) is 10.0 Å². The van der Waals surface area contributed by atoms with Gasteiger partial charge in [-0.1, -0.05) is 75.5 Å². The summed E-state index contributed by atoms with van der Waals surface area (Å²) in [5.74, 6) is -5.01. The molecule has 9 heteroatoms. The van der Waals surface area contributed by atoms with Gasteiger partial charge >= 0.3 is 0 Å². The Balaban J connectivity index is 1.57. The molecule has 3 atom stereocenters. The third-order valence-electron chi connectivity index (χ3n) is 6.89. The minimum Gasteiger partial charge on any atom is -0.349 e. The molecule has 174 valence electrons. The zero-order valence-electron chi connectivity index (χ0n) is 17.7. The SMILES string of the molecule is O=C1[C@@H]2[C@H](c3cccc(Cl)c3Cl)OC3(C(=O)c4ccccc4C3=O)[C@H]2C(=O)N1c1ccc(Br)cc1. The van der Waals surface area contributed by atoms with Crippen LogP contribution in [-0.4, -0.2) is 29.0 Å². The maximum Gasteiger partial charge on any atom is 0.241 e. The molecule has 3 aromatic rings. The fourth-order valence-electron chi connectivity index (χ4n) is 5.38. The van der Waals surface area contributed by atoms with Crippen LogP contribution in [-0.2, 0) is 14.3 Å². The molecule has 6 rings (SSSR count). The van der Waals surface area contributed by atoms with E-state index in [1.54, 1.807) is 54.6 Å². The predicted molar refractivity (Wildman–Crippen MR) is 132 cm³/mol. The lowest BCUT2D eigenvalue weighted by atomic mass is 9.77. The number of ether oxygens (including phenoxy) is 1. The highest BCUT2D eigenvalue weighted by molar-refractivity contribution is 9.10. The predicted octanol–water partition coefficient (Wildman–Crippen LogP) is 5.45. The third-order valence-corrected chi connectivity index (χ3v) is 8.25. The van der Waals surface area contributed by atoms with E-state index in [-0.39, 0.29) is 21.2 Å². The van der Waals surface area contributed by atoms with Crippen LogP contribution in [0.15, 0.2) is 71.2 Å². The summed E-state index contributed by atoms with van der Waals surface area (Å²) in [5.41, 5.74) is -1.17. The first kappa shape index (κ1) is 22.6. The summed E-state index contributed by atoms with van der Waals surface area (Å²) in [6.45, 7) is 0. The second kappa shape index (κ2) is 7.83. The van der Waals surface area contributed by atoms with Crippen molar-refractivity contribution in [2.45, 2.75) is 11.7 Å². The molecule has 2 fully saturated rings. The molecule has 0 radical (unpaired) electrons. The van der Waals surface area contributed by atoms with E-state index in [1.807, 2.05) is 0 Å². The van der Waals surface area contributed by atoms with E-state index in [0.29, 0.717) is 11.3 Å². The summed E-state index contributed by atoms with van der Waals surface area (Å²) in [6.07, 6.45) is -1.13. The highest BCUT2D eigenvalue weighted by Crippen LogP contribution is 2.58. The van der Waals surface area contributed by atoms with Gasteiger partial charge in [0, 0.05) is 21.2 Å². The number of anilines is 1. The molecular formula is C26H14BrCl2NO5. The van der Waals surface area contributed by atoms with Crippen molar-refractivity contribution in [2.24, 2.45) is 11.8 Å². The van der Waals surface area contributed by atoms with E-state index in [0.717, 1.165) is 9.37 Å². The molecule has 35 heavy (non-hydrogen) atoms. The number of amides is 2. The molecule has 3 aliphatic rings. The molecule has 3 aromatic carbocycles. The van der Waals surface area contributed by atoms with Gasteiger partial charge < -0.3 is 4.74 Å². The van der Waals surface area contributed by atoms with Gasteiger partial charge in [0.1, 0.15) is 0 Å². The van der Waals surface area contributed by atoms with Crippen molar-refractivity contribution < 1.29 is 23.9 Å². The Morgan fingerprint density at radius 1 is 0.800 bits per heavy atom. The van der Waals surface area contributed by atoms with Crippen molar-refractivity contribution >= 4 is 68.2 Å². The largest absolute Gasteiger partial charge is 0.349 e. The van der Waals surface area contributed by atoms with Crippen molar-refractivity contribution in [3.63, 3.8) is 0 Å². The average Bonchev–Trinajstić information content (AvgIpc) is 3.42. The number of halogens is 3. The fourth-order valence-corrected chi connectivity index (χ4v) is 6.06. The Kier molecular flexibility index (Phi) is 5.06. The smallest absolute Gasteiger partial charge is 0.241 e. The van der Waals surface area contributed by atoms with Crippen LogP contribution in [0.4, 0.5) is 5.69 Å². The van der Waals surface area contributed by atoms with Crippen LogP contribution in [0.5, 0.6) is 0 Å². The van der Waals surface area contributed by atoms with Crippen LogP contribution in [0.25, 0.3) is 0 Å². The van der Waals surface area contributed by atoms with E-state index < -0.39 is 46.9 Å². The molecule has 2 aliphatic heterocycles. The standard InChI is InChI=1S/C26H14BrCl2NO5/c27-12-8-10-13(11-9-12)30-24(33)18-19(25(30)34)26(22(31)14-4-1-2-5-15(14)23(26)32)35-21(18)16-6-3-7-17(28)20(16)29/h1-11,18-19,21H/t18-,19+,21-/m0/s1. The van der Waals surface area contributed by atoms with E-state index in [9.17, 15) is 19.2 Å². The van der Waals surface area contributed by atoms with Crippen LogP contribution >= 0.6 is 39.1 Å². The van der Waals surface area contributed by atoms with Crippen molar-refractivity contribution in [1.29, 1.82) is 0 Å². The number of Topliss-reactive ketones (excluding diaryl/α,β-unsaturated/α-hetero) is 2. The van der Waals surface area contributed by atoms with Gasteiger partial charge in [-0.2, -0.15) is 0 Å². The zero-order valence-corrected chi connectivity index (χ0v) is 20.8. The second-order valence-corrected chi connectivity index (χ2v) is 10.3. The maximum atomic E-state index is 13.9. The molecule has 0 N–H and O–H groups in total. The van der Waals surface area contributed by atoms with Crippen LogP contribution in [0.1, 0.15) is 32.4 Å². The lowest BCUT2D eigenvalue weighted by molar-refractivity contribution is -0.127. The number of imide groups is 1. The summed E-state index contributed by atoms with van der Waals surface area (Å²) in [4.78, 5) is 56.2. The minimum absolute atomic E-state index is 0.132. The molecule has 0 bridgehead atoms. The van der Waals surface area contributed by atoms with E-state index >= 15 is 0 Å². The Bertz CT molecular complexity index is 1440. The molecule has 0 unspecified atom stereocenters. The first-order valence-electron chi connectivity index (χ1n) is 10.7. The Labute approximate surface area is 217 Å². The molecule has 2 saturated heterocycles. The first-order valence-corrected chi connectivity index (χ1v) is 12.3. The van der Waals surface area contributed by atoms with Crippen molar-refractivity contribution in [3.8, 4) is 0 Å². The Morgan fingerprint density at radius 3 is 2.06 bits per heavy atom. The van der Waals surface area contributed by atoms with Gasteiger partial charge in [0.15, 0.2) is 0 Å². The van der Waals surface area contributed by atoms with E-state index in [2.05, 4.69) is 15.9 Å². The van der Waals surface area contributed by atoms with Gasteiger partial charge in [0.05, 0.1) is 33.7 Å². The number of benzene rings is 3. The van der Waals surface area contributed by atoms with E-state index in [4.69, 9.17) is 27.9 Å². The lowest BCUT2D eigenvalue weighted by Gasteiger charge is -2.27. The van der Waals surface area contributed by atoms with Crippen LogP contribution in [0.3, 0.4) is 0 Å². The summed E-state index contributed by atoms with van der Waals surface area (Å²) in [5, 5.41) is 0.354. The van der Waals surface area contributed by atoms with Gasteiger partial charge in [0.2, 0.25) is 29.0 Å². The Morgan fingerprint density at radius 2 is 1.43 bits per heavy atom. The summed E-state index contributed by atoms with van der Waals surface area (Å²) >= 11 is 16.1. The third kappa shape index (κ3) is 2.93. The average molecular weight is 571 g/mol. The van der Waals surface area contributed by atoms with Gasteiger partial charge in [-0.3, -0.25) is 19.2 Å². The maximum absolute atomic E-state index is 13.9. The highest BCUT2D eigenvalue weighted by atomic mass is 79.9. The van der Waals surface area contributed by atoms with Gasteiger partial charge in [0.25, 0.3) is 0 Å². The van der Waals surface area contributed by atoms with Crippen LogP contribution < -0.4 is 4.90 Å². The van der Waals surface area contributed by atoms with Crippen LogP contribution in [0, 0.1) is 11.8 Å². The van der Waals surface area contributed by atoms with E-state index in [1.165, 1.54) is 12.1 Å². The molecule has 1 aliphatic carbocycles. The number of hydrogen-bond donors (Lipinski definition) is 0. The first-order chi connectivity index (χ1) is 16.8. The Hall–Kier alpha value is -2.84. The topological polar surface area (TPSA) is 80.8 Å². The lowest BCUT2D eigenvalue weighted by Crippen LogP contribution is -2.51. The summed E-state index contributed by atoms with van der Waals surface area (Å²) in [7, 11) is 0. The highest BCUT2D eigenvalue weighted by Gasteiger charge is 2.74. The summed E-state index contributed by atoms with van der Waals surface area (Å²) in [6, 6.07) is 17.8. The fraction of sp³-hybridized carbons (Fsp3) is 0.154. The molecule has 2 amide bonds. The molecule has 6 nitrogen and oxygen atoms in total. The minimum atomic E-state index is -2.17. The molecule has 2 heterocycles. The van der Waals surface area contributed by atoms with Gasteiger partial charge in [-0.05, 0) is 30.3 Å². The molecule has 0 saturated carbocycles. The normalized spacial score (nSPS) is 24.4. The summed E-state index contributed by atoms with van der Waals surface area (Å²) < 4.78 is 7.00. The van der Waals surface area contributed by atoms with Gasteiger partial charge in [-0.25, -0.2) is 4.90 Å². The number of carbonyl (C=O) groups is 4. The number of hydrogen-bond acceptors (Lipinski definition) is 5. The quantitative estimate of drug-likeness (QED) is 0.302. The second-order valence-electron chi connectivity index (χ2n) is 8.61. The number of ketones is 2. The van der Waals surface area contributed by atoms with Crippen molar-refractivity contribution in [3.05, 3.63) is 97.9 Å². The van der Waals surface area contributed by atoms with Crippen molar-refractivity contribution in [2.75, 3.05) is 4.90 Å².